The molecule has 2 rings (SSSR count). The number of hydrogen-bond donors (Lipinski definition) is 1. The van der Waals surface area contributed by atoms with Gasteiger partial charge < -0.3 is 15.4 Å². The molecule has 1 aromatic carbocycles. The highest BCUT2D eigenvalue weighted by molar-refractivity contribution is 7.09. The third-order valence-electron chi connectivity index (χ3n) is 3.00. The van der Waals surface area contributed by atoms with Gasteiger partial charge >= 0.3 is 5.97 Å². The summed E-state index contributed by atoms with van der Waals surface area (Å²) in [6.07, 6.45) is 0. The number of likely N-dealkylation sites (N-methyl/N-ethyl adjacent to an activating group) is 1. The molecule has 0 aliphatic rings. The van der Waals surface area contributed by atoms with Gasteiger partial charge in [-0.1, -0.05) is 23.7 Å². The smallest absolute Gasteiger partial charge is 0.340 e. The molecule has 0 aliphatic carbocycles. The van der Waals surface area contributed by atoms with Crippen LogP contribution in [0.3, 0.4) is 0 Å². The lowest BCUT2D eigenvalue weighted by atomic mass is 10.2. The number of hydrogen-bond acceptors (Lipinski definition) is 5. The van der Waals surface area contributed by atoms with E-state index in [-0.39, 0.29) is 28.8 Å². The Kier molecular flexibility index (Phi) is 5.41. The minimum atomic E-state index is -0.669. The normalized spacial score (nSPS) is 10.3. The summed E-state index contributed by atoms with van der Waals surface area (Å²) in [4.78, 5) is 26.4. The van der Waals surface area contributed by atoms with Crippen LogP contribution in [0.2, 0.25) is 5.02 Å². The molecule has 0 bridgehead atoms. The second-order valence-corrected chi connectivity index (χ2v) is 6.05. The molecule has 0 radical (unpaired) electrons. The molecule has 0 saturated heterocycles. The van der Waals surface area contributed by atoms with Gasteiger partial charge in [-0.2, -0.15) is 0 Å². The number of nitrogens with two attached hydrogens (primary N) is 1. The first-order chi connectivity index (χ1) is 10.5. The summed E-state index contributed by atoms with van der Waals surface area (Å²) in [5.41, 5.74) is 6.01. The minimum Gasteiger partial charge on any atom is -0.452 e. The third-order valence-corrected chi connectivity index (χ3v) is 4.19. The molecule has 2 N–H and O–H groups in total. The predicted molar refractivity (Wildman–Crippen MR) is 86.9 cm³/mol. The number of nitrogens with zero attached hydrogens (tertiary/aromatic N) is 1. The molecule has 0 aliphatic heterocycles. The number of rotatable bonds is 5. The fourth-order valence-corrected chi connectivity index (χ4v) is 2.69. The number of nitrogen functional groups attached to an aromatic ring is 1. The van der Waals surface area contributed by atoms with E-state index in [0.717, 1.165) is 4.88 Å². The molecule has 5 nitrogen and oxygen atoms in total. The SMILES string of the molecule is CN(Cc1cccs1)C(=O)COC(=O)c1cccc(Cl)c1N. The first kappa shape index (κ1) is 16.3. The highest BCUT2D eigenvalue weighted by atomic mass is 35.5. The summed E-state index contributed by atoms with van der Waals surface area (Å²) in [7, 11) is 1.66. The van der Waals surface area contributed by atoms with E-state index in [9.17, 15) is 9.59 Å². The van der Waals surface area contributed by atoms with E-state index in [4.69, 9.17) is 22.1 Å². The fourth-order valence-electron chi connectivity index (χ4n) is 1.75. The molecule has 22 heavy (non-hydrogen) atoms. The van der Waals surface area contributed by atoms with Gasteiger partial charge in [0.05, 0.1) is 22.8 Å². The molecule has 0 spiro atoms. The van der Waals surface area contributed by atoms with Gasteiger partial charge in [-0.3, -0.25) is 4.79 Å². The number of carbonyl (C=O) groups excluding carboxylic acids is 2. The van der Waals surface area contributed by atoms with Crippen LogP contribution in [0, 0.1) is 0 Å². The number of ether oxygens (including phenoxy) is 1. The van der Waals surface area contributed by atoms with Crippen molar-refractivity contribution >= 4 is 40.5 Å². The summed E-state index contributed by atoms with van der Waals surface area (Å²) >= 11 is 7.40. The van der Waals surface area contributed by atoms with E-state index >= 15 is 0 Å². The zero-order valence-corrected chi connectivity index (χ0v) is 13.5. The Morgan fingerprint density at radius 2 is 2.09 bits per heavy atom. The van der Waals surface area contributed by atoms with Crippen molar-refractivity contribution < 1.29 is 14.3 Å². The van der Waals surface area contributed by atoms with Gasteiger partial charge in [0.25, 0.3) is 5.91 Å². The second-order valence-electron chi connectivity index (χ2n) is 4.61. The van der Waals surface area contributed by atoms with Crippen molar-refractivity contribution in [3.8, 4) is 0 Å². The quantitative estimate of drug-likeness (QED) is 0.672. The molecule has 0 atom stereocenters. The van der Waals surface area contributed by atoms with Crippen LogP contribution in [0.1, 0.15) is 15.2 Å². The molecular formula is C15H15ClN2O3S. The standard InChI is InChI=1S/C15H15ClN2O3S/c1-18(8-10-4-3-7-22-10)13(19)9-21-15(20)11-5-2-6-12(16)14(11)17/h2-7H,8-9,17H2,1H3. The topological polar surface area (TPSA) is 72.6 Å². The van der Waals surface area contributed by atoms with Gasteiger partial charge in [-0.25, -0.2) is 4.79 Å². The van der Waals surface area contributed by atoms with Crippen molar-refractivity contribution in [3.63, 3.8) is 0 Å². The van der Waals surface area contributed by atoms with Crippen LogP contribution in [0.4, 0.5) is 5.69 Å². The molecule has 0 saturated carbocycles. The number of amides is 1. The van der Waals surface area contributed by atoms with Gasteiger partial charge in [0, 0.05) is 11.9 Å². The van der Waals surface area contributed by atoms with Crippen molar-refractivity contribution in [3.05, 3.63) is 51.2 Å². The van der Waals surface area contributed by atoms with Crippen molar-refractivity contribution in [2.45, 2.75) is 6.54 Å². The Hall–Kier alpha value is -2.05. The number of anilines is 1. The molecule has 116 valence electrons. The van der Waals surface area contributed by atoms with Crippen molar-refractivity contribution in [1.82, 2.24) is 4.90 Å². The molecule has 1 aromatic heterocycles. The van der Waals surface area contributed by atoms with Crippen LogP contribution in [0.25, 0.3) is 0 Å². The zero-order chi connectivity index (χ0) is 16.1. The van der Waals surface area contributed by atoms with Gasteiger partial charge in [0.15, 0.2) is 6.61 Å². The zero-order valence-electron chi connectivity index (χ0n) is 11.9. The number of benzene rings is 1. The van der Waals surface area contributed by atoms with Gasteiger partial charge in [-0.05, 0) is 23.6 Å². The molecule has 1 heterocycles. The van der Waals surface area contributed by atoms with E-state index in [1.54, 1.807) is 30.5 Å². The van der Waals surface area contributed by atoms with Crippen LogP contribution in [-0.4, -0.2) is 30.4 Å². The Labute approximate surface area is 137 Å². The molecule has 0 unspecified atom stereocenters. The van der Waals surface area contributed by atoms with Crippen LogP contribution < -0.4 is 5.73 Å². The Balaban J connectivity index is 1.90. The predicted octanol–water partition coefficient (Wildman–Crippen LogP) is 2.80. The number of thiophene rings is 1. The number of esters is 1. The lowest BCUT2D eigenvalue weighted by Gasteiger charge is -2.16. The van der Waals surface area contributed by atoms with Crippen molar-refractivity contribution in [1.29, 1.82) is 0 Å². The molecule has 0 fully saturated rings. The lowest BCUT2D eigenvalue weighted by Crippen LogP contribution is -2.30. The average Bonchev–Trinajstić information content (AvgIpc) is 3.00. The van der Waals surface area contributed by atoms with Crippen LogP contribution in [0.15, 0.2) is 35.7 Å². The lowest BCUT2D eigenvalue weighted by molar-refractivity contribution is -0.133. The van der Waals surface area contributed by atoms with Crippen molar-refractivity contribution in [2.75, 3.05) is 19.4 Å². The Morgan fingerprint density at radius 1 is 1.32 bits per heavy atom. The van der Waals surface area contributed by atoms with E-state index in [1.807, 2.05) is 17.5 Å². The highest BCUT2D eigenvalue weighted by Gasteiger charge is 2.16. The van der Waals surface area contributed by atoms with E-state index in [0.29, 0.717) is 6.54 Å². The maximum Gasteiger partial charge on any atom is 0.340 e. The molecular weight excluding hydrogens is 324 g/mol. The first-order valence-corrected chi connectivity index (χ1v) is 7.72. The molecule has 2 aromatic rings. The number of para-hydroxylation sites is 1. The van der Waals surface area contributed by atoms with Crippen LogP contribution >= 0.6 is 22.9 Å². The molecule has 1 amide bonds. The minimum absolute atomic E-state index is 0.147. The Bertz CT molecular complexity index is 673. The van der Waals surface area contributed by atoms with Gasteiger partial charge in [0.1, 0.15) is 0 Å². The largest absolute Gasteiger partial charge is 0.452 e. The summed E-state index contributed by atoms with van der Waals surface area (Å²) in [6.45, 7) is 0.139. The summed E-state index contributed by atoms with van der Waals surface area (Å²) < 4.78 is 5.00. The van der Waals surface area contributed by atoms with Crippen LogP contribution in [0.5, 0.6) is 0 Å². The maximum absolute atomic E-state index is 12.0. The maximum atomic E-state index is 12.0. The molecule has 7 heteroatoms. The summed E-state index contributed by atoms with van der Waals surface area (Å²) in [5.74, 6) is -0.958. The summed E-state index contributed by atoms with van der Waals surface area (Å²) in [6, 6.07) is 8.53. The van der Waals surface area contributed by atoms with E-state index in [1.165, 1.54) is 11.0 Å². The number of halogens is 1. The summed E-state index contributed by atoms with van der Waals surface area (Å²) in [5, 5.41) is 2.21. The van der Waals surface area contributed by atoms with Gasteiger partial charge in [-0.15, -0.1) is 11.3 Å². The Morgan fingerprint density at radius 3 is 2.77 bits per heavy atom. The van der Waals surface area contributed by atoms with Crippen molar-refractivity contribution in [2.24, 2.45) is 0 Å². The number of carbonyl (C=O) groups is 2. The average molecular weight is 339 g/mol. The highest BCUT2D eigenvalue weighted by Crippen LogP contribution is 2.23. The third kappa shape index (κ3) is 3.99. The fraction of sp³-hybridized carbons (Fsp3) is 0.200. The monoisotopic (exact) mass is 338 g/mol. The van der Waals surface area contributed by atoms with Gasteiger partial charge in [0.2, 0.25) is 0 Å². The van der Waals surface area contributed by atoms with E-state index in [2.05, 4.69) is 0 Å². The first-order valence-electron chi connectivity index (χ1n) is 6.46. The van der Waals surface area contributed by atoms with Crippen LogP contribution in [-0.2, 0) is 16.1 Å². The van der Waals surface area contributed by atoms with E-state index < -0.39 is 5.97 Å². The second kappa shape index (κ2) is 7.29.